The third-order valence-electron chi connectivity index (χ3n) is 6.10. The number of hydrogen-bond acceptors (Lipinski definition) is 6. The smallest absolute Gasteiger partial charge is 0.416 e. The molecule has 1 aromatic carbocycles. The number of pyridine rings is 1. The molecular weight excluding hydrogens is 539 g/mol. The highest BCUT2D eigenvalue weighted by molar-refractivity contribution is 5.75. The second-order valence-electron chi connectivity index (χ2n) is 10.5. The summed E-state index contributed by atoms with van der Waals surface area (Å²) >= 11 is 0. The van der Waals surface area contributed by atoms with E-state index < -0.39 is 11.7 Å². The molecular formula is C33H54F3N5O. The van der Waals surface area contributed by atoms with Gasteiger partial charge in [0.25, 0.3) is 0 Å². The van der Waals surface area contributed by atoms with Crippen LogP contribution in [0.15, 0.2) is 49.7 Å². The van der Waals surface area contributed by atoms with Crippen molar-refractivity contribution in [2.45, 2.75) is 87.4 Å². The molecule has 1 heterocycles. The highest BCUT2D eigenvalue weighted by Gasteiger charge is 2.32. The zero-order valence-corrected chi connectivity index (χ0v) is 27.1. The number of nitrogens with one attached hydrogen (secondary N) is 2. The number of benzene rings is 1. The molecule has 0 saturated carbocycles. The van der Waals surface area contributed by atoms with E-state index in [4.69, 9.17) is 16.6 Å². The van der Waals surface area contributed by atoms with Crippen LogP contribution < -0.4 is 22.1 Å². The summed E-state index contributed by atoms with van der Waals surface area (Å²) in [4.78, 5) is 4.12. The summed E-state index contributed by atoms with van der Waals surface area (Å²) in [5.74, 6) is 0.0335. The Morgan fingerprint density at radius 1 is 1.05 bits per heavy atom. The maximum atomic E-state index is 12.7. The summed E-state index contributed by atoms with van der Waals surface area (Å²) in [5, 5.41) is 15.0. The molecule has 2 aromatic rings. The molecule has 1 aromatic heterocycles. The zero-order valence-electron chi connectivity index (χ0n) is 27.1. The number of aromatic nitrogens is 1. The van der Waals surface area contributed by atoms with Gasteiger partial charge >= 0.3 is 6.18 Å². The number of hydrogen-bond donors (Lipinski definition) is 5. The van der Waals surface area contributed by atoms with Crippen LogP contribution in [0.25, 0.3) is 11.5 Å². The number of anilines is 1. The van der Waals surface area contributed by atoms with Crippen molar-refractivity contribution in [2.24, 2.45) is 11.1 Å². The Morgan fingerprint density at radius 2 is 1.62 bits per heavy atom. The van der Waals surface area contributed by atoms with Crippen LogP contribution in [-0.4, -0.2) is 23.7 Å². The number of halogens is 3. The first-order valence-corrected chi connectivity index (χ1v) is 14.2. The van der Waals surface area contributed by atoms with Crippen molar-refractivity contribution >= 4 is 17.1 Å². The number of allylic oxidation sites excluding steroid dienone is 1. The second kappa shape index (κ2) is 19.6. The van der Waals surface area contributed by atoms with Gasteiger partial charge in [-0.25, -0.2) is 4.98 Å². The first kappa shape index (κ1) is 40.7. The van der Waals surface area contributed by atoms with Gasteiger partial charge in [-0.3, -0.25) is 0 Å². The zero-order chi connectivity index (χ0) is 33.3. The Bertz CT molecular complexity index is 1140. The Balaban J connectivity index is 0. The monoisotopic (exact) mass is 593 g/mol. The van der Waals surface area contributed by atoms with E-state index >= 15 is 0 Å². The van der Waals surface area contributed by atoms with Gasteiger partial charge in [0.15, 0.2) is 0 Å². The normalized spacial score (nSPS) is 10.5. The molecule has 9 heteroatoms. The van der Waals surface area contributed by atoms with Crippen LogP contribution >= 0.6 is 0 Å². The number of rotatable bonds is 10. The van der Waals surface area contributed by atoms with E-state index in [1.54, 1.807) is 7.05 Å². The lowest BCUT2D eigenvalue weighted by Gasteiger charge is -2.24. The molecule has 0 atom stereocenters. The average Bonchev–Trinajstić information content (AvgIpc) is 2.90. The average molecular weight is 594 g/mol. The molecule has 0 aliphatic rings. The molecule has 0 amide bonds. The topological polar surface area (TPSA) is 109 Å². The standard InChI is InChI=1S/C11H14F3N3.C11H23N.C9H11NO.C2H6/c1-6(17-2)9-4-8(11(12,13)14)3-7(5-15)10(9)16;1-6-7-11(4,5)8-9-12-10(2)3;1-6-4-5-7(2)10-9(6)8(3)11;1-2/h3-4,17H,1,5,15-16H2,2H3;12H,2,6-9H2,1,3-5H3;4-5,11H,3H2,1-2H3;1-2H3. The minimum atomic E-state index is -4.43. The van der Waals surface area contributed by atoms with Crippen LogP contribution in [0, 0.1) is 19.3 Å². The first-order valence-electron chi connectivity index (χ1n) is 14.2. The third-order valence-corrected chi connectivity index (χ3v) is 6.10. The fourth-order valence-corrected chi connectivity index (χ4v) is 3.76. The number of aryl methyl sites for hydroxylation is 2. The number of alkyl halides is 3. The van der Waals surface area contributed by atoms with Crippen LogP contribution in [0.2, 0.25) is 0 Å². The highest BCUT2D eigenvalue weighted by Crippen LogP contribution is 2.34. The van der Waals surface area contributed by atoms with Crippen molar-refractivity contribution in [3.8, 4) is 0 Å². The van der Waals surface area contributed by atoms with Crippen molar-refractivity contribution in [1.29, 1.82) is 0 Å². The fraction of sp³-hybridized carbons (Fsp3) is 0.485. The quantitative estimate of drug-likeness (QED) is 0.140. The largest absolute Gasteiger partial charge is 0.506 e. The van der Waals surface area contributed by atoms with E-state index in [0.29, 0.717) is 16.8 Å². The molecule has 0 aliphatic heterocycles. The summed E-state index contributed by atoms with van der Waals surface area (Å²) in [6, 6.07) is 5.75. The van der Waals surface area contributed by atoms with E-state index in [-0.39, 0.29) is 29.1 Å². The molecule has 0 aliphatic carbocycles. The molecule has 238 valence electrons. The number of aliphatic hydroxyl groups is 1. The Hall–Kier alpha value is -3.46. The molecule has 7 N–H and O–H groups in total. The maximum absolute atomic E-state index is 12.7. The number of nitrogen functional groups attached to an aromatic ring is 1. The molecule has 0 radical (unpaired) electrons. The van der Waals surface area contributed by atoms with E-state index in [9.17, 15) is 13.2 Å². The predicted molar refractivity (Wildman–Crippen MR) is 175 cm³/mol. The fourth-order valence-electron chi connectivity index (χ4n) is 3.76. The summed E-state index contributed by atoms with van der Waals surface area (Å²) < 4.78 is 38.0. The molecule has 0 spiro atoms. The van der Waals surface area contributed by atoms with Gasteiger partial charge in [-0.05, 0) is 68.4 Å². The molecule has 2 rings (SSSR count). The van der Waals surface area contributed by atoms with Gasteiger partial charge in [0.05, 0.1) is 5.56 Å². The highest BCUT2D eigenvalue weighted by atomic mass is 19.4. The van der Waals surface area contributed by atoms with Crippen molar-refractivity contribution in [3.63, 3.8) is 0 Å². The van der Waals surface area contributed by atoms with Gasteiger partial charge in [0.2, 0.25) is 0 Å². The minimum absolute atomic E-state index is 0.0335. The lowest BCUT2D eigenvalue weighted by Crippen LogP contribution is -2.20. The van der Waals surface area contributed by atoms with Crippen LogP contribution in [0.4, 0.5) is 18.9 Å². The SMILES string of the molecule is C=C(C)NCCC(C)(C)CCC.C=C(NC)c1cc(C(F)(F)F)cc(CN)c1N.C=C(O)c1nc(C)ccc1C.CC. The molecule has 0 fully saturated rings. The molecule has 0 bridgehead atoms. The molecule has 0 saturated heterocycles. The van der Waals surface area contributed by atoms with Gasteiger partial charge in [0.1, 0.15) is 11.5 Å². The van der Waals surface area contributed by atoms with Gasteiger partial charge in [-0.2, -0.15) is 13.2 Å². The summed E-state index contributed by atoms with van der Waals surface area (Å²) in [5.41, 5.74) is 15.3. The summed E-state index contributed by atoms with van der Waals surface area (Å²) in [7, 11) is 1.56. The van der Waals surface area contributed by atoms with E-state index in [1.165, 1.54) is 19.3 Å². The maximum Gasteiger partial charge on any atom is 0.416 e. The number of nitrogens with zero attached hydrogens (tertiary/aromatic N) is 1. The lowest BCUT2D eigenvalue weighted by molar-refractivity contribution is -0.137. The Kier molecular flexibility index (Phi) is 19.0. The van der Waals surface area contributed by atoms with Gasteiger partial charge < -0.3 is 27.2 Å². The van der Waals surface area contributed by atoms with Crippen LogP contribution in [-0.2, 0) is 12.7 Å². The molecule has 42 heavy (non-hydrogen) atoms. The Morgan fingerprint density at radius 3 is 2.02 bits per heavy atom. The van der Waals surface area contributed by atoms with E-state index in [1.807, 2.05) is 46.8 Å². The minimum Gasteiger partial charge on any atom is -0.506 e. The molecule has 6 nitrogen and oxygen atoms in total. The van der Waals surface area contributed by atoms with Crippen molar-refractivity contribution in [1.82, 2.24) is 15.6 Å². The van der Waals surface area contributed by atoms with Gasteiger partial charge in [-0.1, -0.05) is 66.8 Å². The van der Waals surface area contributed by atoms with Crippen molar-refractivity contribution in [3.05, 3.63) is 83.3 Å². The number of aliphatic hydroxyl groups excluding tert-OH is 1. The van der Waals surface area contributed by atoms with Crippen LogP contribution in [0.5, 0.6) is 0 Å². The van der Waals surface area contributed by atoms with Crippen molar-refractivity contribution < 1.29 is 18.3 Å². The first-order chi connectivity index (χ1) is 19.4. The number of nitrogens with two attached hydrogens (primary N) is 2. The van der Waals surface area contributed by atoms with Crippen LogP contribution in [0.3, 0.4) is 0 Å². The second-order valence-corrected chi connectivity index (χ2v) is 10.5. The van der Waals surface area contributed by atoms with E-state index in [0.717, 1.165) is 35.6 Å². The van der Waals surface area contributed by atoms with Crippen LogP contribution in [0.1, 0.15) is 94.4 Å². The lowest BCUT2D eigenvalue weighted by atomic mass is 9.85. The summed E-state index contributed by atoms with van der Waals surface area (Å²) in [6.45, 7) is 28.5. The van der Waals surface area contributed by atoms with Crippen molar-refractivity contribution in [2.75, 3.05) is 19.3 Å². The molecule has 0 unspecified atom stereocenters. The van der Waals surface area contributed by atoms with Gasteiger partial charge in [0, 0.05) is 48.5 Å². The third kappa shape index (κ3) is 15.5. The van der Waals surface area contributed by atoms with Gasteiger partial charge in [-0.15, -0.1) is 0 Å². The van der Waals surface area contributed by atoms with E-state index in [2.05, 4.69) is 56.1 Å². The summed E-state index contributed by atoms with van der Waals surface area (Å²) in [6.07, 6.45) is -0.612. The predicted octanol–water partition coefficient (Wildman–Crippen LogP) is 8.52. The Labute approximate surface area is 252 Å².